The fraction of sp³-hybridized carbons (Fsp3) is 0.833. The van der Waals surface area contributed by atoms with Gasteiger partial charge in [-0.05, 0) is 20.8 Å². The summed E-state index contributed by atoms with van der Waals surface area (Å²) in [6.07, 6.45) is 0. The highest BCUT2D eigenvalue weighted by atomic mass is 16.5. The molecule has 2 nitrogen and oxygen atoms in total. The third kappa shape index (κ3) is 2.99. The number of ether oxygens (including phenoxy) is 1. The fourth-order valence-electron chi connectivity index (χ4n) is 0.367. The van der Waals surface area contributed by atoms with Crippen molar-refractivity contribution in [1.82, 2.24) is 0 Å². The molecule has 0 unspecified atom stereocenters. The van der Waals surface area contributed by atoms with Gasteiger partial charge in [0.05, 0.1) is 12.2 Å². The molecule has 0 spiro atoms. The van der Waals surface area contributed by atoms with Crippen LogP contribution in [0.25, 0.3) is 0 Å². The average molecular weight is 116 g/mol. The van der Waals surface area contributed by atoms with Crippen molar-refractivity contribution in [3.63, 3.8) is 0 Å². The van der Waals surface area contributed by atoms with E-state index in [0.717, 1.165) is 0 Å². The van der Waals surface area contributed by atoms with Gasteiger partial charge in [0, 0.05) is 6.54 Å². The summed E-state index contributed by atoms with van der Waals surface area (Å²) in [6, 6.07) is 0. The van der Waals surface area contributed by atoms with Gasteiger partial charge in [0.15, 0.2) is 0 Å². The Bertz CT molecular complexity index is 61.5. The lowest BCUT2D eigenvalue weighted by atomic mass is 10.1. The van der Waals surface area contributed by atoms with Crippen molar-refractivity contribution >= 4 is 0 Å². The Hall–Kier alpha value is -0.0800. The lowest BCUT2D eigenvalue weighted by Gasteiger charge is -2.21. The van der Waals surface area contributed by atoms with E-state index in [4.69, 9.17) is 10.5 Å². The first-order valence-corrected chi connectivity index (χ1v) is 2.78. The maximum absolute atomic E-state index is 5.35. The molecule has 0 fully saturated rings. The van der Waals surface area contributed by atoms with E-state index in [1.807, 2.05) is 20.8 Å². The first kappa shape index (κ1) is 7.92. The van der Waals surface area contributed by atoms with E-state index in [2.05, 4.69) is 0 Å². The summed E-state index contributed by atoms with van der Waals surface area (Å²) < 4.78 is 5.13. The van der Waals surface area contributed by atoms with Gasteiger partial charge in [-0.15, -0.1) is 0 Å². The van der Waals surface area contributed by atoms with Gasteiger partial charge in [-0.25, -0.2) is 0 Å². The van der Waals surface area contributed by atoms with Crippen LogP contribution in [0.5, 0.6) is 0 Å². The summed E-state index contributed by atoms with van der Waals surface area (Å²) in [4.78, 5) is 0. The van der Waals surface area contributed by atoms with Crippen LogP contribution < -0.4 is 5.73 Å². The van der Waals surface area contributed by atoms with Crippen molar-refractivity contribution < 1.29 is 4.74 Å². The van der Waals surface area contributed by atoms with E-state index in [-0.39, 0.29) is 5.60 Å². The van der Waals surface area contributed by atoms with Gasteiger partial charge >= 0.3 is 0 Å². The van der Waals surface area contributed by atoms with Crippen LogP contribution in [0, 0.1) is 6.61 Å². The number of hydrogen-bond acceptors (Lipinski definition) is 2. The number of hydrogen-bond donors (Lipinski definition) is 1. The molecular formula is C6H14NO. The Kier molecular flexibility index (Phi) is 3.02. The highest BCUT2D eigenvalue weighted by Gasteiger charge is 2.13. The van der Waals surface area contributed by atoms with Crippen LogP contribution in [0.4, 0.5) is 0 Å². The monoisotopic (exact) mass is 116 g/mol. The highest BCUT2D eigenvalue weighted by Crippen LogP contribution is 2.06. The number of nitrogens with two attached hydrogens (primary N) is 1. The Morgan fingerprint density at radius 1 is 1.62 bits per heavy atom. The van der Waals surface area contributed by atoms with Crippen molar-refractivity contribution in [3.05, 3.63) is 6.61 Å². The molecule has 0 aliphatic heterocycles. The molecule has 0 aromatic heterocycles. The molecule has 0 rings (SSSR count). The van der Waals surface area contributed by atoms with Gasteiger partial charge in [0.25, 0.3) is 0 Å². The van der Waals surface area contributed by atoms with Crippen LogP contribution in [0.15, 0.2) is 0 Å². The second-order valence-electron chi connectivity index (χ2n) is 2.32. The van der Waals surface area contributed by atoms with E-state index in [0.29, 0.717) is 6.54 Å². The fourth-order valence-corrected chi connectivity index (χ4v) is 0.367. The maximum Gasteiger partial charge on any atom is 0.0814 e. The van der Waals surface area contributed by atoms with Gasteiger partial charge < -0.3 is 10.5 Å². The van der Waals surface area contributed by atoms with E-state index in [9.17, 15) is 0 Å². The quantitative estimate of drug-likeness (QED) is 0.595. The smallest absolute Gasteiger partial charge is 0.0814 e. The van der Waals surface area contributed by atoms with Crippen molar-refractivity contribution in [2.24, 2.45) is 5.73 Å². The van der Waals surface area contributed by atoms with Crippen LogP contribution in [-0.2, 0) is 4.74 Å². The normalized spacial score (nSPS) is 12.0. The zero-order valence-corrected chi connectivity index (χ0v) is 5.77. The average Bonchev–Trinajstić information content (AvgIpc) is 1.67. The van der Waals surface area contributed by atoms with Crippen LogP contribution in [0.1, 0.15) is 20.8 Å². The van der Waals surface area contributed by atoms with Crippen LogP contribution in [0.3, 0.4) is 0 Å². The van der Waals surface area contributed by atoms with Gasteiger partial charge in [-0.3, -0.25) is 0 Å². The van der Waals surface area contributed by atoms with E-state index in [1.54, 1.807) is 6.61 Å². The molecule has 2 heteroatoms. The topological polar surface area (TPSA) is 35.2 Å². The molecule has 0 aromatic rings. The second kappa shape index (κ2) is 3.05. The second-order valence-corrected chi connectivity index (χ2v) is 2.32. The van der Waals surface area contributed by atoms with Crippen molar-refractivity contribution in [2.45, 2.75) is 26.4 Å². The molecule has 0 atom stereocenters. The molecule has 2 N–H and O–H groups in total. The summed E-state index contributed by atoms with van der Waals surface area (Å²) in [7, 11) is 0. The summed E-state index contributed by atoms with van der Waals surface area (Å²) >= 11 is 0. The predicted molar refractivity (Wildman–Crippen MR) is 34.2 cm³/mol. The standard InChI is InChI=1S/C6H14NO/c1-4-8-6(2,3)5-7/h4H,5,7H2,1-3H3. The molecule has 0 amide bonds. The Labute approximate surface area is 51.0 Å². The molecule has 8 heavy (non-hydrogen) atoms. The molecule has 0 saturated heterocycles. The lowest BCUT2D eigenvalue weighted by molar-refractivity contribution is 0.0368. The Balaban J connectivity index is 3.37. The van der Waals surface area contributed by atoms with Gasteiger partial charge in [-0.2, -0.15) is 0 Å². The predicted octanol–water partition coefficient (Wildman–Crippen LogP) is 0.922. The summed E-state index contributed by atoms with van der Waals surface area (Å²) in [6.45, 7) is 7.96. The summed E-state index contributed by atoms with van der Waals surface area (Å²) in [5.41, 5.74) is 5.16. The van der Waals surface area contributed by atoms with E-state index < -0.39 is 0 Å². The minimum atomic E-state index is -0.186. The van der Waals surface area contributed by atoms with Gasteiger partial charge in [0.2, 0.25) is 0 Å². The third-order valence-corrected chi connectivity index (χ3v) is 0.928. The minimum Gasteiger partial charge on any atom is -0.369 e. The lowest BCUT2D eigenvalue weighted by Crippen LogP contribution is -2.32. The third-order valence-electron chi connectivity index (χ3n) is 0.928. The SMILES string of the molecule is C[CH]OC(C)(C)CN. The Morgan fingerprint density at radius 3 is 2.25 bits per heavy atom. The molecule has 0 bridgehead atoms. The molecule has 0 saturated carbocycles. The molecule has 0 aliphatic rings. The zero-order valence-electron chi connectivity index (χ0n) is 5.77. The van der Waals surface area contributed by atoms with Gasteiger partial charge in [0.1, 0.15) is 0 Å². The molecular weight excluding hydrogens is 102 g/mol. The molecule has 1 radical (unpaired) electrons. The molecule has 0 aromatic carbocycles. The van der Waals surface area contributed by atoms with E-state index >= 15 is 0 Å². The largest absolute Gasteiger partial charge is 0.369 e. The summed E-state index contributed by atoms with van der Waals surface area (Å²) in [5, 5.41) is 0. The van der Waals surface area contributed by atoms with E-state index in [1.165, 1.54) is 0 Å². The zero-order chi connectivity index (χ0) is 6.62. The van der Waals surface area contributed by atoms with Crippen molar-refractivity contribution in [2.75, 3.05) is 6.54 Å². The first-order chi connectivity index (χ1) is 3.62. The van der Waals surface area contributed by atoms with Crippen molar-refractivity contribution in [1.29, 1.82) is 0 Å². The van der Waals surface area contributed by atoms with Crippen molar-refractivity contribution in [3.8, 4) is 0 Å². The van der Waals surface area contributed by atoms with Gasteiger partial charge in [-0.1, -0.05) is 0 Å². The Morgan fingerprint density at radius 2 is 2.12 bits per heavy atom. The first-order valence-electron chi connectivity index (χ1n) is 2.78. The summed E-state index contributed by atoms with van der Waals surface area (Å²) in [5.74, 6) is 0. The van der Waals surface area contributed by atoms with Crippen LogP contribution >= 0.6 is 0 Å². The van der Waals surface area contributed by atoms with Crippen LogP contribution in [-0.4, -0.2) is 12.1 Å². The molecule has 49 valence electrons. The molecule has 0 aliphatic carbocycles. The highest BCUT2D eigenvalue weighted by molar-refractivity contribution is 4.69. The maximum atomic E-state index is 5.35. The number of rotatable bonds is 3. The molecule has 0 heterocycles. The van der Waals surface area contributed by atoms with Crippen LogP contribution in [0.2, 0.25) is 0 Å². The minimum absolute atomic E-state index is 0.186.